The summed E-state index contributed by atoms with van der Waals surface area (Å²) in [5.74, 6) is 0. The summed E-state index contributed by atoms with van der Waals surface area (Å²) >= 11 is 0. The van der Waals surface area contributed by atoms with Gasteiger partial charge < -0.3 is 9.80 Å². The molecule has 6 aliphatic rings. The summed E-state index contributed by atoms with van der Waals surface area (Å²) in [5, 5.41) is 0. The lowest BCUT2D eigenvalue weighted by atomic mass is 9.33. The van der Waals surface area contributed by atoms with E-state index >= 15 is 0 Å². The second-order valence-electron chi connectivity index (χ2n) is 28.8. The molecule has 2 nitrogen and oxygen atoms in total. The van der Waals surface area contributed by atoms with Crippen molar-refractivity contribution in [2.45, 2.75) is 200 Å². The molecule has 0 saturated heterocycles. The Morgan fingerprint density at radius 2 is 0.900 bits per heavy atom. The summed E-state index contributed by atoms with van der Waals surface area (Å²) < 4.78 is 0. The third-order valence-corrected chi connectivity index (χ3v) is 19.5. The van der Waals surface area contributed by atoms with Gasteiger partial charge >= 0.3 is 0 Å². The van der Waals surface area contributed by atoms with Crippen LogP contribution in [-0.2, 0) is 43.3 Å². The van der Waals surface area contributed by atoms with Crippen molar-refractivity contribution in [1.29, 1.82) is 0 Å². The van der Waals surface area contributed by atoms with Crippen LogP contribution < -0.4 is 26.2 Å². The van der Waals surface area contributed by atoms with Gasteiger partial charge in [-0.1, -0.05) is 160 Å². The molecular weight excluding hydrogens is 844 g/mol. The average Bonchev–Trinajstić information content (AvgIpc) is 3.61. The van der Waals surface area contributed by atoms with Gasteiger partial charge in [-0.25, -0.2) is 0 Å². The molecule has 6 aromatic carbocycles. The Balaban J connectivity index is 1.22. The molecule has 0 amide bonds. The monoisotopic (exact) mass is 923 g/mol. The first-order chi connectivity index (χ1) is 32.4. The number of benzene rings is 6. The molecule has 4 aliphatic carbocycles. The molecule has 0 saturated carbocycles. The van der Waals surface area contributed by atoms with E-state index in [0.29, 0.717) is 0 Å². The van der Waals surface area contributed by atoms with E-state index in [0.717, 1.165) is 6.42 Å². The Bertz CT molecular complexity index is 3290. The SMILES string of the molecule is Cc1cc2c3c(c1)N(c1cc4c(c(C(C)(C)C)c1)C(C)(C)c1ccccc1-4)c1cc4c(cc1B3c1cc3c(cc1N2c1ccc2c(c1)C(C)(C)CCC2(C)C)C(C)(C)CCC3(C)C)C(C)(C)CC4(C)C. The van der Waals surface area contributed by atoms with Gasteiger partial charge in [0.1, 0.15) is 0 Å². The minimum absolute atomic E-state index is 0.0415. The van der Waals surface area contributed by atoms with Crippen molar-refractivity contribution in [2.24, 2.45) is 0 Å². The second kappa shape index (κ2) is 13.9. The molecule has 3 heteroatoms. The van der Waals surface area contributed by atoms with Crippen molar-refractivity contribution in [3.63, 3.8) is 0 Å². The predicted octanol–water partition coefficient (Wildman–Crippen LogP) is 16.3. The average molecular weight is 923 g/mol. The van der Waals surface area contributed by atoms with Crippen LogP contribution >= 0.6 is 0 Å². The molecule has 2 heterocycles. The number of nitrogens with zero attached hydrogens (tertiary/aromatic N) is 2. The van der Waals surface area contributed by atoms with E-state index in [-0.39, 0.29) is 50.0 Å². The first kappa shape index (κ1) is 46.1. The van der Waals surface area contributed by atoms with Crippen LogP contribution in [0.2, 0.25) is 0 Å². The Kier molecular flexibility index (Phi) is 9.17. The van der Waals surface area contributed by atoms with Gasteiger partial charge in [0, 0.05) is 39.5 Å². The van der Waals surface area contributed by atoms with Crippen molar-refractivity contribution in [3.8, 4) is 11.1 Å². The van der Waals surface area contributed by atoms with Crippen molar-refractivity contribution in [2.75, 3.05) is 9.80 Å². The molecular formula is C67H79BN2. The molecule has 0 fully saturated rings. The highest BCUT2D eigenvalue weighted by atomic mass is 15.2. The summed E-state index contributed by atoms with van der Waals surface area (Å²) in [7, 11) is 0. The molecule has 0 N–H and O–H groups in total. The van der Waals surface area contributed by atoms with Gasteiger partial charge in [-0.3, -0.25) is 0 Å². The van der Waals surface area contributed by atoms with Gasteiger partial charge in [0.2, 0.25) is 0 Å². The minimum atomic E-state index is -0.110. The van der Waals surface area contributed by atoms with Gasteiger partial charge in [-0.15, -0.1) is 0 Å². The van der Waals surface area contributed by atoms with E-state index in [1.165, 1.54) is 143 Å². The van der Waals surface area contributed by atoms with Crippen LogP contribution in [0.3, 0.4) is 0 Å². The van der Waals surface area contributed by atoms with Crippen LogP contribution in [0.25, 0.3) is 11.1 Å². The van der Waals surface area contributed by atoms with Crippen molar-refractivity contribution in [1.82, 2.24) is 0 Å². The summed E-state index contributed by atoms with van der Waals surface area (Å²) in [4.78, 5) is 5.48. The van der Waals surface area contributed by atoms with Crippen molar-refractivity contribution in [3.05, 3.63) is 147 Å². The first-order valence-corrected chi connectivity index (χ1v) is 27.0. The number of rotatable bonds is 2. The maximum Gasteiger partial charge on any atom is 0.252 e. The highest BCUT2D eigenvalue weighted by Gasteiger charge is 2.51. The van der Waals surface area contributed by atoms with Gasteiger partial charge in [0.25, 0.3) is 6.71 Å². The summed E-state index contributed by atoms with van der Waals surface area (Å²) in [6.45, 7) is 44.5. The molecule has 2 aliphatic heterocycles. The number of hydrogen-bond donors (Lipinski definition) is 0. The molecule has 0 spiro atoms. The molecule has 360 valence electrons. The van der Waals surface area contributed by atoms with E-state index in [4.69, 9.17) is 0 Å². The molecule has 0 bridgehead atoms. The fourth-order valence-corrected chi connectivity index (χ4v) is 15.6. The Morgan fingerprint density at radius 1 is 0.429 bits per heavy atom. The largest absolute Gasteiger partial charge is 0.311 e. The first-order valence-electron chi connectivity index (χ1n) is 27.0. The Labute approximate surface area is 422 Å². The normalized spacial score (nSPS) is 21.4. The van der Waals surface area contributed by atoms with Gasteiger partial charge in [-0.05, 0) is 209 Å². The van der Waals surface area contributed by atoms with Crippen LogP contribution in [0.1, 0.15) is 205 Å². The molecule has 12 rings (SSSR count). The fourth-order valence-electron chi connectivity index (χ4n) is 15.6. The smallest absolute Gasteiger partial charge is 0.252 e. The molecule has 0 radical (unpaired) electrons. The Hall–Kier alpha value is -5.02. The summed E-state index contributed by atoms with van der Waals surface area (Å²) in [6.07, 6.45) is 5.90. The summed E-state index contributed by atoms with van der Waals surface area (Å²) in [6, 6.07) is 38.0. The van der Waals surface area contributed by atoms with E-state index in [1.54, 1.807) is 0 Å². The number of aryl methyl sites for hydroxylation is 1. The zero-order valence-corrected chi connectivity index (χ0v) is 46.2. The molecule has 0 unspecified atom stereocenters. The van der Waals surface area contributed by atoms with Crippen LogP contribution in [0.4, 0.5) is 34.1 Å². The second-order valence-corrected chi connectivity index (χ2v) is 28.8. The lowest BCUT2D eigenvalue weighted by Crippen LogP contribution is -2.62. The number of fused-ring (bicyclic) bond motifs is 10. The molecule has 70 heavy (non-hydrogen) atoms. The molecule has 6 aromatic rings. The van der Waals surface area contributed by atoms with Crippen molar-refractivity contribution >= 4 is 57.2 Å². The van der Waals surface area contributed by atoms with E-state index in [9.17, 15) is 0 Å². The number of anilines is 6. The van der Waals surface area contributed by atoms with Crippen LogP contribution in [-0.4, -0.2) is 6.71 Å². The van der Waals surface area contributed by atoms with E-state index < -0.39 is 0 Å². The minimum Gasteiger partial charge on any atom is -0.311 e. The fraction of sp³-hybridized carbons (Fsp3) is 0.463. The van der Waals surface area contributed by atoms with Gasteiger partial charge in [-0.2, -0.15) is 0 Å². The molecule has 0 aromatic heterocycles. The van der Waals surface area contributed by atoms with Gasteiger partial charge in [0.05, 0.1) is 0 Å². The standard InChI is InChI=1S/C67H79BN2/c1-39-29-56-59-57(30-39)70(41-31-43-42-21-19-20-22-44(42)67(17,18)58(43)51(33-41)60(2,3)4)55-37-50-48(65(13,14)38-66(50,15)16)35-53(55)68(59)52-34-47-49(64(11,12)28-27-63(47,9)10)36-54(52)69(56)40-23-24-45-46(32-40)62(7,8)26-25-61(45,5)6/h19-24,29-37H,25-28,38H2,1-18H3. The lowest BCUT2D eigenvalue weighted by molar-refractivity contribution is 0.332. The van der Waals surface area contributed by atoms with Crippen LogP contribution in [0.5, 0.6) is 0 Å². The lowest BCUT2D eigenvalue weighted by Gasteiger charge is -2.48. The maximum atomic E-state index is 2.75. The summed E-state index contributed by atoms with van der Waals surface area (Å²) in [5.41, 5.74) is 30.0. The van der Waals surface area contributed by atoms with Crippen LogP contribution in [0, 0.1) is 6.92 Å². The zero-order valence-electron chi connectivity index (χ0n) is 46.2. The molecule has 0 atom stereocenters. The van der Waals surface area contributed by atoms with Crippen molar-refractivity contribution < 1.29 is 0 Å². The zero-order chi connectivity index (χ0) is 50.0. The predicted molar refractivity (Wildman–Crippen MR) is 303 cm³/mol. The third-order valence-electron chi connectivity index (χ3n) is 19.5. The van der Waals surface area contributed by atoms with E-state index in [1.807, 2.05) is 0 Å². The third kappa shape index (κ3) is 6.24. The van der Waals surface area contributed by atoms with Crippen LogP contribution in [0.15, 0.2) is 91.0 Å². The van der Waals surface area contributed by atoms with Gasteiger partial charge in [0.15, 0.2) is 0 Å². The number of hydrogen-bond acceptors (Lipinski definition) is 2. The highest BCUT2D eigenvalue weighted by Crippen LogP contribution is 2.58. The topological polar surface area (TPSA) is 6.48 Å². The quantitative estimate of drug-likeness (QED) is 0.159. The highest BCUT2D eigenvalue weighted by molar-refractivity contribution is 7.00. The Morgan fingerprint density at radius 3 is 1.46 bits per heavy atom. The maximum absolute atomic E-state index is 2.75. The van der Waals surface area contributed by atoms with E-state index in [2.05, 4.69) is 225 Å².